The highest BCUT2D eigenvalue weighted by Gasteiger charge is 2.21. The zero-order valence-corrected chi connectivity index (χ0v) is 20.8. The summed E-state index contributed by atoms with van der Waals surface area (Å²) in [6, 6.07) is 14.0. The predicted octanol–water partition coefficient (Wildman–Crippen LogP) is 5.32. The molecule has 0 unspecified atom stereocenters. The van der Waals surface area contributed by atoms with Crippen molar-refractivity contribution in [3.05, 3.63) is 86.3 Å². The molecule has 4 aromatic rings. The highest BCUT2D eigenvalue weighted by molar-refractivity contribution is 5.91. The molecule has 0 atom stereocenters. The highest BCUT2D eigenvalue weighted by Crippen LogP contribution is 2.27. The summed E-state index contributed by atoms with van der Waals surface area (Å²) in [6.45, 7) is 12.5. The third-order valence-electron chi connectivity index (χ3n) is 6.58. The van der Waals surface area contributed by atoms with E-state index >= 15 is 0 Å². The van der Waals surface area contributed by atoms with Crippen molar-refractivity contribution in [3.63, 3.8) is 0 Å². The average Bonchev–Trinajstić information content (AvgIpc) is 3.13. The van der Waals surface area contributed by atoms with Gasteiger partial charge in [-0.05, 0) is 94.5 Å². The minimum atomic E-state index is -0.0997. The SMILES string of the molecule is CCn1c(=O)c(CCC(=O)Nc2ccc(C)c(C)c2)c(C)c2c(C)nn(-c3cccc(C)c3)c21. The first-order valence-electron chi connectivity index (χ1n) is 11.8. The maximum absolute atomic E-state index is 13.5. The zero-order chi connectivity index (χ0) is 24.6. The molecule has 0 fully saturated rings. The van der Waals surface area contributed by atoms with Gasteiger partial charge in [0.2, 0.25) is 5.91 Å². The van der Waals surface area contributed by atoms with Crippen molar-refractivity contribution >= 4 is 22.6 Å². The molecule has 0 saturated carbocycles. The topological polar surface area (TPSA) is 68.9 Å². The molecular weight excluding hydrogens is 424 g/mol. The second kappa shape index (κ2) is 9.29. The first kappa shape index (κ1) is 23.5. The molecule has 0 radical (unpaired) electrons. The molecule has 6 nitrogen and oxygen atoms in total. The van der Waals surface area contributed by atoms with Crippen LogP contribution in [0.4, 0.5) is 5.69 Å². The van der Waals surface area contributed by atoms with Gasteiger partial charge in [0.05, 0.1) is 11.4 Å². The number of nitrogens with one attached hydrogen (secondary N) is 1. The lowest BCUT2D eigenvalue weighted by molar-refractivity contribution is -0.116. The fourth-order valence-electron chi connectivity index (χ4n) is 4.58. The molecule has 6 heteroatoms. The molecule has 2 aromatic heterocycles. The second-order valence-corrected chi connectivity index (χ2v) is 9.04. The minimum absolute atomic E-state index is 0.0553. The summed E-state index contributed by atoms with van der Waals surface area (Å²) in [5.74, 6) is -0.0997. The summed E-state index contributed by atoms with van der Waals surface area (Å²) in [7, 11) is 0. The van der Waals surface area contributed by atoms with Crippen molar-refractivity contribution in [2.75, 3.05) is 5.32 Å². The number of fused-ring (bicyclic) bond motifs is 1. The number of amides is 1. The maximum atomic E-state index is 13.5. The van der Waals surface area contributed by atoms with Gasteiger partial charge in [0.25, 0.3) is 5.56 Å². The number of aryl methyl sites for hydroxylation is 6. The van der Waals surface area contributed by atoms with E-state index in [2.05, 4.69) is 11.4 Å². The van der Waals surface area contributed by atoms with Crippen LogP contribution in [0.15, 0.2) is 47.3 Å². The fraction of sp³-hybridized carbons (Fsp3) is 0.321. The van der Waals surface area contributed by atoms with E-state index in [1.54, 1.807) is 4.57 Å². The molecule has 2 aromatic carbocycles. The Morgan fingerprint density at radius 3 is 2.44 bits per heavy atom. The van der Waals surface area contributed by atoms with Gasteiger partial charge < -0.3 is 5.32 Å². The lowest BCUT2D eigenvalue weighted by Crippen LogP contribution is -2.27. The van der Waals surface area contributed by atoms with Crippen LogP contribution in [-0.4, -0.2) is 20.3 Å². The van der Waals surface area contributed by atoms with E-state index in [0.29, 0.717) is 18.5 Å². The van der Waals surface area contributed by atoms with E-state index in [9.17, 15) is 9.59 Å². The number of nitrogens with zero attached hydrogens (tertiary/aromatic N) is 3. The molecule has 2 heterocycles. The molecule has 34 heavy (non-hydrogen) atoms. The van der Waals surface area contributed by atoms with Crippen LogP contribution < -0.4 is 10.9 Å². The van der Waals surface area contributed by atoms with Crippen LogP contribution in [0.1, 0.15) is 46.9 Å². The lowest BCUT2D eigenvalue weighted by Gasteiger charge is -2.15. The number of hydrogen-bond acceptors (Lipinski definition) is 3. The van der Waals surface area contributed by atoms with Gasteiger partial charge in [-0.15, -0.1) is 0 Å². The van der Waals surface area contributed by atoms with E-state index in [4.69, 9.17) is 5.10 Å². The predicted molar refractivity (Wildman–Crippen MR) is 138 cm³/mol. The summed E-state index contributed by atoms with van der Waals surface area (Å²) >= 11 is 0. The Bertz CT molecular complexity index is 1460. The van der Waals surface area contributed by atoms with E-state index in [1.165, 1.54) is 5.56 Å². The van der Waals surface area contributed by atoms with Crippen molar-refractivity contribution in [2.24, 2.45) is 0 Å². The van der Waals surface area contributed by atoms with Gasteiger partial charge in [-0.25, -0.2) is 4.68 Å². The summed E-state index contributed by atoms with van der Waals surface area (Å²) in [4.78, 5) is 26.2. The van der Waals surface area contributed by atoms with Crippen LogP contribution >= 0.6 is 0 Å². The number of rotatable bonds is 6. The van der Waals surface area contributed by atoms with Crippen molar-refractivity contribution in [3.8, 4) is 5.69 Å². The Labute approximate surface area is 200 Å². The number of benzene rings is 2. The first-order valence-corrected chi connectivity index (χ1v) is 11.8. The van der Waals surface area contributed by atoms with E-state index in [1.807, 2.05) is 82.6 Å². The largest absolute Gasteiger partial charge is 0.326 e. The van der Waals surface area contributed by atoms with Gasteiger partial charge in [0.1, 0.15) is 5.65 Å². The van der Waals surface area contributed by atoms with Gasteiger partial charge in [-0.2, -0.15) is 5.10 Å². The second-order valence-electron chi connectivity index (χ2n) is 9.04. The number of hydrogen-bond donors (Lipinski definition) is 1. The minimum Gasteiger partial charge on any atom is -0.326 e. The number of carbonyl (C=O) groups excluding carboxylic acids is 1. The first-order chi connectivity index (χ1) is 16.2. The monoisotopic (exact) mass is 456 g/mol. The van der Waals surface area contributed by atoms with Crippen LogP contribution in [0.25, 0.3) is 16.7 Å². The fourth-order valence-corrected chi connectivity index (χ4v) is 4.58. The Hall–Kier alpha value is -3.67. The van der Waals surface area contributed by atoms with E-state index in [-0.39, 0.29) is 17.9 Å². The molecule has 0 aliphatic carbocycles. The molecule has 0 bridgehead atoms. The van der Waals surface area contributed by atoms with Crippen LogP contribution in [0.5, 0.6) is 0 Å². The Morgan fingerprint density at radius 2 is 1.76 bits per heavy atom. The van der Waals surface area contributed by atoms with Gasteiger partial charge in [-0.1, -0.05) is 18.2 Å². The molecule has 0 aliphatic rings. The zero-order valence-electron chi connectivity index (χ0n) is 20.8. The summed E-state index contributed by atoms with van der Waals surface area (Å²) in [5.41, 5.74) is 8.36. The van der Waals surface area contributed by atoms with Crippen LogP contribution in [0.2, 0.25) is 0 Å². The molecule has 0 spiro atoms. The van der Waals surface area contributed by atoms with Crippen molar-refractivity contribution in [1.82, 2.24) is 14.3 Å². The van der Waals surface area contributed by atoms with Crippen molar-refractivity contribution in [2.45, 2.75) is 60.9 Å². The summed E-state index contributed by atoms with van der Waals surface area (Å²) in [6.07, 6.45) is 0.621. The number of anilines is 1. The Kier molecular flexibility index (Phi) is 6.42. The van der Waals surface area contributed by atoms with Gasteiger partial charge in [0, 0.05) is 29.6 Å². The molecule has 0 saturated heterocycles. The van der Waals surface area contributed by atoms with Crippen LogP contribution in [0, 0.1) is 34.6 Å². The highest BCUT2D eigenvalue weighted by atomic mass is 16.1. The Morgan fingerprint density at radius 1 is 1.00 bits per heavy atom. The average molecular weight is 457 g/mol. The van der Waals surface area contributed by atoms with Crippen LogP contribution in [0.3, 0.4) is 0 Å². The van der Waals surface area contributed by atoms with Crippen molar-refractivity contribution < 1.29 is 4.79 Å². The molecular formula is C28H32N4O2. The lowest BCUT2D eigenvalue weighted by atomic mass is 10.0. The number of aromatic nitrogens is 3. The van der Waals surface area contributed by atoms with Crippen molar-refractivity contribution in [1.29, 1.82) is 0 Å². The van der Waals surface area contributed by atoms with Crippen LogP contribution in [-0.2, 0) is 17.8 Å². The number of carbonyl (C=O) groups is 1. The quantitative estimate of drug-likeness (QED) is 0.427. The number of pyridine rings is 1. The van der Waals surface area contributed by atoms with Gasteiger partial charge in [-0.3, -0.25) is 14.2 Å². The van der Waals surface area contributed by atoms with Gasteiger partial charge >= 0.3 is 0 Å². The van der Waals surface area contributed by atoms with Gasteiger partial charge in [0.15, 0.2) is 0 Å². The summed E-state index contributed by atoms with van der Waals surface area (Å²) < 4.78 is 3.65. The molecule has 4 rings (SSSR count). The third-order valence-corrected chi connectivity index (χ3v) is 6.58. The molecule has 176 valence electrons. The molecule has 0 aliphatic heterocycles. The van der Waals surface area contributed by atoms with E-state index in [0.717, 1.165) is 44.8 Å². The summed E-state index contributed by atoms with van der Waals surface area (Å²) in [5, 5.41) is 8.74. The standard InChI is InChI=1S/C28H32N4O2/c1-7-31-27-26(21(6)30-32(27)23-10-8-9-17(2)15-23)20(5)24(28(31)34)13-14-25(33)29-22-12-11-18(3)19(4)16-22/h8-12,15-16H,7,13-14H2,1-6H3,(H,29,33). The normalized spacial score (nSPS) is 11.2. The molecule has 1 amide bonds. The smallest absolute Gasteiger partial charge is 0.255 e. The molecule has 1 N–H and O–H groups in total. The third kappa shape index (κ3) is 4.28. The van der Waals surface area contributed by atoms with E-state index < -0.39 is 0 Å². The Balaban J connectivity index is 1.70. The maximum Gasteiger partial charge on any atom is 0.255 e.